The Labute approximate surface area is 128 Å². The van der Waals surface area contributed by atoms with Crippen molar-refractivity contribution in [3.63, 3.8) is 0 Å². The molecule has 0 spiro atoms. The van der Waals surface area contributed by atoms with E-state index in [1.807, 2.05) is 12.1 Å². The maximum absolute atomic E-state index is 6.41. The summed E-state index contributed by atoms with van der Waals surface area (Å²) in [6, 6.07) is 16.7. The molecule has 0 bridgehead atoms. The molecule has 1 heterocycles. The molecule has 0 radical (unpaired) electrons. The molecular formula is C17H18BrNO. The van der Waals surface area contributed by atoms with Crippen LogP contribution in [0.15, 0.2) is 53.0 Å². The fourth-order valence-corrected chi connectivity index (χ4v) is 3.27. The number of hydrogen-bond acceptors (Lipinski definition) is 2. The molecule has 0 fully saturated rings. The van der Waals surface area contributed by atoms with Crippen molar-refractivity contribution in [2.45, 2.75) is 25.0 Å². The van der Waals surface area contributed by atoms with Gasteiger partial charge in [0.25, 0.3) is 0 Å². The van der Waals surface area contributed by atoms with Crippen molar-refractivity contribution in [2.75, 3.05) is 6.61 Å². The quantitative estimate of drug-likeness (QED) is 0.931. The van der Waals surface area contributed by atoms with E-state index in [1.54, 1.807) is 0 Å². The number of benzene rings is 2. The van der Waals surface area contributed by atoms with Crippen LogP contribution >= 0.6 is 15.9 Å². The highest BCUT2D eigenvalue weighted by molar-refractivity contribution is 9.10. The molecule has 1 aliphatic rings. The zero-order valence-electron chi connectivity index (χ0n) is 11.3. The highest BCUT2D eigenvalue weighted by Crippen LogP contribution is 2.30. The largest absolute Gasteiger partial charge is 0.372 e. The summed E-state index contributed by atoms with van der Waals surface area (Å²) in [5, 5.41) is 0. The minimum atomic E-state index is -0.0225. The fourth-order valence-electron chi connectivity index (χ4n) is 2.82. The van der Waals surface area contributed by atoms with Crippen molar-refractivity contribution in [1.29, 1.82) is 0 Å². The lowest BCUT2D eigenvalue weighted by atomic mass is 9.91. The minimum Gasteiger partial charge on any atom is -0.372 e. The molecule has 0 saturated heterocycles. The van der Waals surface area contributed by atoms with Crippen LogP contribution in [0.5, 0.6) is 0 Å². The van der Waals surface area contributed by atoms with E-state index in [4.69, 9.17) is 10.5 Å². The molecule has 20 heavy (non-hydrogen) atoms. The summed E-state index contributed by atoms with van der Waals surface area (Å²) in [6.45, 7) is 0.758. The van der Waals surface area contributed by atoms with Gasteiger partial charge in [0.1, 0.15) is 0 Å². The first-order valence-corrected chi connectivity index (χ1v) is 7.73. The Kier molecular flexibility index (Phi) is 4.20. The van der Waals surface area contributed by atoms with Gasteiger partial charge in [-0.15, -0.1) is 0 Å². The molecule has 3 rings (SSSR count). The summed E-state index contributed by atoms with van der Waals surface area (Å²) in [4.78, 5) is 0. The summed E-state index contributed by atoms with van der Waals surface area (Å²) in [6.07, 6.45) is 1.80. The summed E-state index contributed by atoms with van der Waals surface area (Å²) in [7, 11) is 0. The van der Waals surface area contributed by atoms with E-state index in [2.05, 4.69) is 52.3 Å². The van der Waals surface area contributed by atoms with Gasteiger partial charge in [0.2, 0.25) is 0 Å². The van der Waals surface area contributed by atoms with Crippen molar-refractivity contribution in [1.82, 2.24) is 0 Å². The molecule has 2 unspecified atom stereocenters. The van der Waals surface area contributed by atoms with Gasteiger partial charge in [0.05, 0.1) is 12.7 Å². The smallest absolute Gasteiger partial charge is 0.0981 e. The van der Waals surface area contributed by atoms with E-state index in [0.717, 1.165) is 23.9 Å². The van der Waals surface area contributed by atoms with Gasteiger partial charge in [-0.25, -0.2) is 0 Å². The van der Waals surface area contributed by atoms with Gasteiger partial charge in [-0.1, -0.05) is 52.3 Å². The molecule has 1 aliphatic heterocycles. The molecule has 0 saturated carbocycles. The third-order valence-corrected chi connectivity index (χ3v) is 4.27. The van der Waals surface area contributed by atoms with Crippen molar-refractivity contribution in [3.8, 4) is 0 Å². The Bertz CT molecular complexity index is 599. The Morgan fingerprint density at radius 3 is 2.90 bits per heavy atom. The number of halogens is 1. The van der Waals surface area contributed by atoms with Crippen LogP contribution in [0.3, 0.4) is 0 Å². The molecule has 2 N–H and O–H groups in total. The normalized spacial score (nSPS) is 19.4. The third kappa shape index (κ3) is 2.95. The average Bonchev–Trinajstić information content (AvgIpc) is 2.46. The van der Waals surface area contributed by atoms with Crippen LogP contribution in [0.2, 0.25) is 0 Å². The molecule has 2 aromatic carbocycles. The van der Waals surface area contributed by atoms with E-state index in [1.165, 1.54) is 16.7 Å². The highest BCUT2D eigenvalue weighted by Gasteiger charge is 2.26. The molecule has 2 nitrogen and oxygen atoms in total. The summed E-state index contributed by atoms with van der Waals surface area (Å²) < 4.78 is 7.02. The Morgan fingerprint density at radius 2 is 2.05 bits per heavy atom. The fraction of sp³-hybridized carbons (Fsp3) is 0.294. The topological polar surface area (TPSA) is 35.2 Å². The van der Waals surface area contributed by atoms with Gasteiger partial charge < -0.3 is 10.5 Å². The van der Waals surface area contributed by atoms with Crippen LogP contribution in [0.25, 0.3) is 0 Å². The lowest BCUT2D eigenvalue weighted by Gasteiger charge is -2.30. The summed E-state index contributed by atoms with van der Waals surface area (Å²) >= 11 is 3.50. The number of ether oxygens (including phenoxy) is 1. The van der Waals surface area contributed by atoms with Gasteiger partial charge in [-0.05, 0) is 41.7 Å². The van der Waals surface area contributed by atoms with Gasteiger partial charge in [-0.2, -0.15) is 0 Å². The van der Waals surface area contributed by atoms with Crippen LogP contribution in [-0.4, -0.2) is 12.6 Å². The molecule has 2 aromatic rings. The molecule has 0 amide bonds. The van der Waals surface area contributed by atoms with E-state index < -0.39 is 0 Å². The first kappa shape index (κ1) is 13.8. The zero-order chi connectivity index (χ0) is 13.9. The minimum absolute atomic E-state index is 0.000989. The lowest BCUT2D eigenvalue weighted by Crippen LogP contribution is -2.35. The van der Waals surface area contributed by atoms with Crippen molar-refractivity contribution < 1.29 is 4.74 Å². The SMILES string of the molecule is NC(Cc1cccc(Br)c1)C1OCCc2ccccc21. The van der Waals surface area contributed by atoms with Crippen LogP contribution in [0.4, 0.5) is 0 Å². The van der Waals surface area contributed by atoms with Gasteiger partial charge in [-0.3, -0.25) is 0 Å². The third-order valence-electron chi connectivity index (χ3n) is 3.78. The highest BCUT2D eigenvalue weighted by atomic mass is 79.9. The predicted molar refractivity (Wildman–Crippen MR) is 84.7 cm³/mol. The molecule has 3 heteroatoms. The first-order chi connectivity index (χ1) is 9.74. The second-order valence-corrected chi connectivity index (χ2v) is 6.15. The van der Waals surface area contributed by atoms with Crippen LogP contribution in [-0.2, 0) is 17.6 Å². The second-order valence-electron chi connectivity index (χ2n) is 5.24. The number of nitrogens with two attached hydrogens (primary N) is 1. The molecule has 104 valence electrons. The van der Waals surface area contributed by atoms with Crippen molar-refractivity contribution in [2.24, 2.45) is 5.73 Å². The van der Waals surface area contributed by atoms with E-state index >= 15 is 0 Å². The van der Waals surface area contributed by atoms with Crippen molar-refractivity contribution in [3.05, 3.63) is 69.7 Å². The summed E-state index contributed by atoms with van der Waals surface area (Å²) in [5.74, 6) is 0. The number of fused-ring (bicyclic) bond motifs is 1. The lowest BCUT2D eigenvalue weighted by molar-refractivity contribution is 0.0246. The Balaban J connectivity index is 1.80. The number of hydrogen-bond donors (Lipinski definition) is 1. The Morgan fingerprint density at radius 1 is 1.20 bits per heavy atom. The average molecular weight is 332 g/mol. The summed E-state index contributed by atoms with van der Waals surface area (Å²) in [5.41, 5.74) is 10.3. The van der Waals surface area contributed by atoms with Gasteiger partial charge >= 0.3 is 0 Å². The maximum Gasteiger partial charge on any atom is 0.0981 e. The first-order valence-electron chi connectivity index (χ1n) is 6.93. The van der Waals surface area contributed by atoms with Crippen molar-refractivity contribution >= 4 is 15.9 Å². The maximum atomic E-state index is 6.41. The molecule has 2 atom stereocenters. The molecule has 0 aromatic heterocycles. The number of rotatable bonds is 3. The van der Waals surface area contributed by atoms with Crippen LogP contribution in [0.1, 0.15) is 22.8 Å². The molecule has 0 aliphatic carbocycles. The van der Waals surface area contributed by atoms with E-state index in [9.17, 15) is 0 Å². The van der Waals surface area contributed by atoms with E-state index in [-0.39, 0.29) is 12.1 Å². The molecular weight excluding hydrogens is 314 g/mol. The van der Waals surface area contributed by atoms with Crippen LogP contribution in [0, 0.1) is 0 Å². The van der Waals surface area contributed by atoms with Gasteiger partial charge in [0.15, 0.2) is 0 Å². The zero-order valence-corrected chi connectivity index (χ0v) is 12.8. The second kappa shape index (κ2) is 6.08. The predicted octanol–water partition coefficient (Wildman–Crippen LogP) is 3.63. The van der Waals surface area contributed by atoms with Gasteiger partial charge in [0, 0.05) is 10.5 Å². The monoisotopic (exact) mass is 331 g/mol. The van der Waals surface area contributed by atoms with E-state index in [0.29, 0.717) is 0 Å². The Hall–Kier alpha value is -1.16. The van der Waals surface area contributed by atoms with Crippen LogP contribution < -0.4 is 5.73 Å². The standard InChI is InChI=1S/C17H18BrNO/c18-14-6-3-4-12(10-14)11-16(19)17-15-7-2-1-5-13(15)8-9-20-17/h1-7,10,16-17H,8-9,11,19H2.